The third-order valence-electron chi connectivity index (χ3n) is 2.43. The van der Waals surface area contributed by atoms with E-state index in [4.69, 9.17) is 0 Å². The zero-order valence-electron chi connectivity index (χ0n) is 10.0. The summed E-state index contributed by atoms with van der Waals surface area (Å²) in [5.74, 6) is 0.736. The number of aromatic nitrogens is 1. The lowest BCUT2D eigenvalue weighted by Gasteiger charge is -2.09. The molecule has 0 aliphatic rings. The number of nitrogens with one attached hydrogen (secondary N) is 1. The van der Waals surface area contributed by atoms with Crippen LogP contribution < -0.4 is 5.32 Å². The molecule has 0 aliphatic carbocycles. The van der Waals surface area contributed by atoms with Gasteiger partial charge in [-0.2, -0.15) is 0 Å². The summed E-state index contributed by atoms with van der Waals surface area (Å²) in [6.07, 6.45) is 3.60. The van der Waals surface area contributed by atoms with Gasteiger partial charge in [-0.1, -0.05) is 13.8 Å². The number of rotatable bonds is 7. The molecule has 0 fully saturated rings. The van der Waals surface area contributed by atoms with Gasteiger partial charge in [0.15, 0.2) is 0 Å². The molecule has 0 bridgehead atoms. The van der Waals surface area contributed by atoms with E-state index in [1.807, 2.05) is 0 Å². The molecule has 15 heavy (non-hydrogen) atoms. The highest BCUT2D eigenvalue weighted by molar-refractivity contribution is 7.09. The Labute approximate surface area is 97.1 Å². The van der Waals surface area contributed by atoms with Crippen molar-refractivity contribution in [1.82, 2.24) is 10.3 Å². The van der Waals surface area contributed by atoms with Crippen molar-refractivity contribution in [3.05, 3.63) is 16.1 Å². The molecule has 0 radical (unpaired) electrons. The molecule has 1 heterocycles. The molecular formula is C12H22N2S. The van der Waals surface area contributed by atoms with Gasteiger partial charge in [0.05, 0.1) is 5.01 Å². The number of hydrogen-bond acceptors (Lipinski definition) is 3. The van der Waals surface area contributed by atoms with Gasteiger partial charge in [0.1, 0.15) is 0 Å². The van der Waals surface area contributed by atoms with Crippen LogP contribution in [0.2, 0.25) is 0 Å². The van der Waals surface area contributed by atoms with Crippen molar-refractivity contribution >= 4 is 11.3 Å². The molecule has 1 aromatic heterocycles. The number of thiazole rings is 1. The predicted octanol–water partition coefficient (Wildman–Crippen LogP) is 3.02. The second kappa shape index (κ2) is 6.96. The van der Waals surface area contributed by atoms with Gasteiger partial charge in [0, 0.05) is 17.5 Å². The predicted molar refractivity (Wildman–Crippen MR) is 67.5 cm³/mol. The summed E-state index contributed by atoms with van der Waals surface area (Å²) in [7, 11) is 0. The molecule has 0 aromatic carbocycles. The third kappa shape index (κ3) is 5.28. The summed E-state index contributed by atoms with van der Waals surface area (Å²) in [6, 6.07) is 0. The molecule has 0 amide bonds. The maximum Gasteiger partial charge on any atom is 0.0930 e. The molecule has 1 N–H and O–H groups in total. The summed E-state index contributed by atoms with van der Waals surface area (Å²) in [6.45, 7) is 8.86. The van der Waals surface area contributed by atoms with Crippen LogP contribution in [0.15, 0.2) is 5.38 Å². The van der Waals surface area contributed by atoms with E-state index in [0.29, 0.717) is 0 Å². The monoisotopic (exact) mass is 226 g/mol. The summed E-state index contributed by atoms with van der Waals surface area (Å²) in [5, 5.41) is 6.86. The minimum absolute atomic E-state index is 0.736. The van der Waals surface area contributed by atoms with Gasteiger partial charge in [-0.05, 0) is 38.8 Å². The van der Waals surface area contributed by atoms with Crippen LogP contribution in [-0.2, 0) is 6.42 Å². The Kier molecular flexibility index (Phi) is 5.88. The van der Waals surface area contributed by atoms with E-state index < -0.39 is 0 Å². The second-order valence-electron chi connectivity index (χ2n) is 4.23. The number of aryl methyl sites for hydroxylation is 1. The average molecular weight is 226 g/mol. The first-order chi connectivity index (χ1) is 7.22. The Hall–Kier alpha value is -0.410. The highest BCUT2D eigenvalue weighted by Crippen LogP contribution is 2.15. The molecule has 0 aliphatic heterocycles. The molecule has 1 rings (SSSR count). The minimum Gasteiger partial charge on any atom is -0.317 e. The summed E-state index contributed by atoms with van der Waals surface area (Å²) < 4.78 is 0. The van der Waals surface area contributed by atoms with Crippen LogP contribution in [0.1, 0.15) is 37.4 Å². The minimum atomic E-state index is 0.736. The van der Waals surface area contributed by atoms with E-state index in [0.717, 1.165) is 31.1 Å². The molecule has 1 unspecified atom stereocenters. The molecule has 1 atom stereocenters. The quantitative estimate of drug-likeness (QED) is 0.723. The van der Waals surface area contributed by atoms with E-state index in [1.165, 1.54) is 17.8 Å². The molecule has 0 saturated carbocycles. The highest BCUT2D eigenvalue weighted by atomic mass is 32.1. The van der Waals surface area contributed by atoms with Crippen LogP contribution in [-0.4, -0.2) is 18.1 Å². The van der Waals surface area contributed by atoms with Gasteiger partial charge in [-0.3, -0.25) is 0 Å². The van der Waals surface area contributed by atoms with Gasteiger partial charge in [0.25, 0.3) is 0 Å². The van der Waals surface area contributed by atoms with Gasteiger partial charge in [-0.25, -0.2) is 4.98 Å². The van der Waals surface area contributed by atoms with E-state index in [1.54, 1.807) is 11.3 Å². The van der Waals surface area contributed by atoms with Gasteiger partial charge >= 0.3 is 0 Å². The SMILES string of the molecule is CCCNCCC(C)Cc1nc(C)cs1. The maximum atomic E-state index is 4.49. The molecule has 2 nitrogen and oxygen atoms in total. The Morgan fingerprint density at radius 1 is 1.47 bits per heavy atom. The van der Waals surface area contributed by atoms with Crippen LogP contribution in [0.25, 0.3) is 0 Å². The maximum absolute atomic E-state index is 4.49. The normalized spacial score (nSPS) is 13.0. The van der Waals surface area contributed by atoms with Crippen LogP contribution in [0.5, 0.6) is 0 Å². The topological polar surface area (TPSA) is 24.9 Å². The van der Waals surface area contributed by atoms with Crippen molar-refractivity contribution in [1.29, 1.82) is 0 Å². The molecule has 1 aromatic rings. The van der Waals surface area contributed by atoms with E-state index in [9.17, 15) is 0 Å². The lowest BCUT2D eigenvalue weighted by atomic mass is 10.0. The Bertz CT molecular complexity index is 270. The van der Waals surface area contributed by atoms with E-state index in [-0.39, 0.29) is 0 Å². The zero-order chi connectivity index (χ0) is 11.1. The van der Waals surface area contributed by atoms with Crippen LogP contribution in [0.4, 0.5) is 0 Å². The first-order valence-corrected chi connectivity index (χ1v) is 6.72. The van der Waals surface area contributed by atoms with Crippen LogP contribution in [0.3, 0.4) is 0 Å². The van der Waals surface area contributed by atoms with Gasteiger partial charge in [0.2, 0.25) is 0 Å². The fourth-order valence-electron chi connectivity index (χ4n) is 1.55. The smallest absolute Gasteiger partial charge is 0.0930 e. The standard InChI is InChI=1S/C12H22N2S/c1-4-6-13-7-5-10(2)8-12-14-11(3)9-15-12/h9-10,13H,4-8H2,1-3H3. The fourth-order valence-corrected chi connectivity index (χ4v) is 2.48. The lowest BCUT2D eigenvalue weighted by Crippen LogP contribution is -2.18. The van der Waals surface area contributed by atoms with Crippen LogP contribution in [0, 0.1) is 12.8 Å². The molecule has 0 saturated heterocycles. The Morgan fingerprint density at radius 2 is 2.27 bits per heavy atom. The number of hydrogen-bond donors (Lipinski definition) is 1. The van der Waals surface area contributed by atoms with Crippen molar-refractivity contribution in [2.45, 2.75) is 40.0 Å². The summed E-state index contributed by atoms with van der Waals surface area (Å²) >= 11 is 1.79. The average Bonchev–Trinajstić information content (AvgIpc) is 2.59. The molecule has 3 heteroatoms. The van der Waals surface area contributed by atoms with Crippen molar-refractivity contribution in [2.24, 2.45) is 5.92 Å². The van der Waals surface area contributed by atoms with Crippen molar-refractivity contribution < 1.29 is 0 Å². The first kappa shape index (κ1) is 12.7. The van der Waals surface area contributed by atoms with E-state index in [2.05, 4.69) is 36.5 Å². The van der Waals surface area contributed by atoms with Crippen molar-refractivity contribution in [2.75, 3.05) is 13.1 Å². The Morgan fingerprint density at radius 3 is 2.87 bits per heavy atom. The molecule has 86 valence electrons. The van der Waals surface area contributed by atoms with Crippen molar-refractivity contribution in [3.8, 4) is 0 Å². The highest BCUT2D eigenvalue weighted by Gasteiger charge is 2.06. The summed E-state index contributed by atoms with van der Waals surface area (Å²) in [4.78, 5) is 4.49. The summed E-state index contributed by atoms with van der Waals surface area (Å²) in [5.41, 5.74) is 1.16. The fraction of sp³-hybridized carbons (Fsp3) is 0.750. The first-order valence-electron chi connectivity index (χ1n) is 5.84. The van der Waals surface area contributed by atoms with Gasteiger partial charge in [-0.15, -0.1) is 11.3 Å². The lowest BCUT2D eigenvalue weighted by molar-refractivity contribution is 0.497. The molecular weight excluding hydrogens is 204 g/mol. The van der Waals surface area contributed by atoms with Crippen LogP contribution >= 0.6 is 11.3 Å². The third-order valence-corrected chi connectivity index (χ3v) is 3.42. The second-order valence-corrected chi connectivity index (χ2v) is 5.17. The molecule has 0 spiro atoms. The number of nitrogens with zero attached hydrogens (tertiary/aromatic N) is 1. The van der Waals surface area contributed by atoms with E-state index >= 15 is 0 Å². The zero-order valence-corrected chi connectivity index (χ0v) is 10.9. The largest absolute Gasteiger partial charge is 0.317 e. The Balaban J connectivity index is 2.15. The van der Waals surface area contributed by atoms with Gasteiger partial charge < -0.3 is 5.32 Å². The van der Waals surface area contributed by atoms with Crippen molar-refractivity contribution in [3.63, 3.8) is 0 Å².